The summed E-state index contributed by atoms with van der Waals surface area (Å²) in [5.41, 5.74) is 7.74. The number of halogens is 1. The minimum atomic E-state index is 0. The molecular weight excluding hydrogens is 531 g/mol. The average molecular weight is 569 g/mol. The second kappa shape index (κ2) is 13.3. The predicted molar refractivity (Wildman–Crippen MR) is 146 cm³/mol. The van der Waals surface area contributed by atoms with Crippen molar-refractivity contribution in [3.05, 3.63) is 47.5 Å². The summed E-state index contributed by atoms with van der Waals surface area (Å²) in [6.07, 6.45) is 8.08. The highest BCUT2D eigenvalue weighted by Crippen LogP contribution is 2.22. The molecule has 6 nitrogen and oxygen atoms in total. The summed E-state index contributed by atoms with van der Waals surface area (Å²) < 4.78 is 0. The van der Waals surface area contributed by atoms with E-state index < -0.39 is 0 Å². The maximum atomic E-state index is 6.25. The molecule has 1 aromatic heterocycles. The summed E-state index contributed by atoms with van der Waals surface area (Å²) in [7, 11) is 0. The number of nitrogens with zero attached hydrogens (tertiary/aromatic N) is 5. The molecule has 0 amide bonds. The topological polar surface area (TPSA) is 61.0 Å². The number of unbranched alkanes of at least 4 members (excludes halogenated alkanes) is 1. The van der Waals surface area contributed by atoms with Crippen molar-refractivity contribution in [2.45, 2.75) is 32.1 Å². The van der Waals surface area contributed by atoms with Crippen LogP contribution in [0.5, 0.6) is 0 Å². The van der Waals surface area contributed by atoms with Crippen LogP contribution in [0.1, 0.15) is 31.2 Å². The van der Waals surface area contributed by atoms with Crippen LogP contribution in [0.3, 0.4) is 0 Å². The van der Waals surface area contributed by atoms with Gasteiger partial charge in [0.25, 0.3) is 0 Å². The maximum Gasteiger partial charge on any atom is 0.191 e. The number of guanidine groups is 1. The lowest BCUT2D eigenvalue weighted by molar-refractivity contribution is 0.181. The largest absolute Gasteiger partial charge is 0.370 e. The van der Waals surface area contributed by atoms with E-state index in [1.54, 1.807) is 11.3 Å². The number of hydrogen-bond acceptors (Lipinski definition) is 5. The number of aromatic nitrogens is 1. The maximum absolute atomic E-state index is 6.25. The molecule has 2 aliphatic rings. The SMILES string of the molecule is I.NC(=NCCCCN1CCC(Cc2ccccc2)CC1)N1CCN(c2nccs2)CC1. The first-order valence-corrected chi connectivity index (χ1v) is 12.6. The Morgan fingerprint density at radius 2 is 1.78 bits per heavy atom. The van der Waals surface area contributed by atoms with Crippen LogP contribution in [0, 0.1) is 5.92 Å². The van der Waals surface area contributed by atoms with E-state index in [0.29, 0.717) is 5.96 Å². The Kier molecular flexibility index (Phi) is 10.5. The van der Waals surface area contributed by atoms with Crippen molar-refractivity contribution in [1.29, 1.82) is 0 Å². The van der Waals surface area contributed by atoms with Crippen molar-refractivity contribution in [2.75, 3.05) is 57.3 Å². The van der Waals surface area contributed by atoms with Crippen LogP contribution >= 0.6 is 35.3 Å². The van der Waals surface area contributed by atoms with Gasteiger partial charge in [0.2, 0.25) is 0 Å². The fourth-order valence-corrected chi connectivity index (χ4v) is 5.30. The van der Waals surface area contributed by atoms with E-state index in [4.69, 9.17) is 5.73 Å². The number of aliphatic imine (C=N–C) groups is 1. The lowest BCUT2D eigenvalue weighted by Gasteiger charge is -2.35. The summed E-state index contributed by atoms with van der Waals surface area (Å²) in [4.78, 5) is 16.2. The first kappa shape index (κ1) is 25.2. The minimum absolute atomic E-state index is 0. The van der Waals surface area contributed by atoms with Gasteiger partial charge in [-0.3, -0.25) is 4.99 Å². The van der Waals surface area contributed by atoms with E-state index in [1.807, 2.05) is 11.6 Å². The van der Waals surface area contributed by atoms with E-state index in [9.17, 15) is 0 Å². The van der Waals surface area contributed by atoms with Crippen molar-refractivity contribution in [3.63, 3.8) is 0 Å². The van der Waals surface area contributed by atoms with Crippen molar-refractivity contribution in [3.8, 4) is 0 Å². The molecule has 32 heavy (non-hydrogen) atoms. The van der Waals surface area contributed by atoms with Gasteiger partial charge in [-0.15, -0.1) is 35.3 Å². The molecule has 0 spiro atoms. The van der Waals surface area contributed by atoms with Gasteiger partial charge in [-0.2, -0.15) is 0 Å². The molecule has 0 radical (unpaired) electrons. The molecule has 2 saturated heterocycles. The van der Waals surface area contributed by atoms with Crippen molar-refractivity contribution in [1.82, 2.24) is 14.8 Å². The lowest BCUT2D eigenvalue weighted by atomic mass is 9.90. The van der Waals surface area contributed by atoms with E-state index in [-0.39, 0.29) is 24.0 Å². The quantitative estimate of drug-likeness (QED) is 0.226. The zero-order valence-corrected chi connectivity index (χ0v) is 22.1. The lowest BCUT2D eigenvalue weighted by Crippen LogP contribution is -2.51. The smallest absolute Gasteiger partial charge is 0.191 e. The van der Waals surface area contributed by atoms with Gasteiger partial charge in [0.05, 0.1) is 0 Å². The van der Waals surface area contributed by atoms with Crippen molar-refractivity contribution in [2.24, 2.45) is 16.6 Å². The van der Waals surface area contributed by atoms with Gasteiger partial charge in [-0.25, -0.2) is 4.98 Å². The average Bonchev–Trinajstić information content (AvgIpc) is 3.36. The fourth-order valence-electron chi connectivity index (χ4n) is 4.60. The van der Waals surface area contributed by atoms with Gasteiger partial charge in [0.1, 0.15) is 0 Å². The summed E-state index contributed by atoms with van der Waals surface area (Å²) in [6, 6.07) is 10.9. The highest BCUT2D eigenvalue weighted by molar-refractivity contribution is 14.0. The molecule has 3 heterocycles. The summed E-state index contributed by atoms with van der Waals surface area (Å²) >= 11 is 1.70. The second-order valence-electron chi connectivity index (χ2n) is 8.71. The molecule has 0 unspecified atom stereocenters. The third kappa shape index (κ3) is 7.59. The number of hydrogen-bond donors (Lipinski definition) is 1. The van der Waals surface area contributed by atoms with Crippen LogP contribution in [-0.2, 0) is 6.42 Å². The number of benzene rings is 1. The zero-order valence-electron chi connectivity index (χ0n) is 18.9. The first-order valence-electron chi connectivity index (χ1n) is 11.7. The van der Waals surface area contributed by atoms with Gasteiger partial charge in [0.15, 0.2) is 11.1 Å². The number of thiazole rings is 1. The van der Waals surface area contributed by atoms with Gasteiger partial charge >= 0.3 is 0 Å². The van der Waals surface area contributed by atoms with Gasteiger partial charge in [-0.1, -0.05) is 30.3 Å². The molecule has 0 aliphatic carbocycles. The van der Waals surface area contributed by atoms with Crippen molar-refractivity contribution >= 4 is 46.4 Å². The fraction of sp³-hybridized carbons (Fsp3) is 0.583. The third-order valence-corrected chi connectivity index (χ3v) is 7.36. The molecule has 0 bridgehead atoms. The highest BCUT2D eigenvalue weighted by atomic mass is 127. The summed E-state index contributed by atoms with van der Waals surface area (Å²) in [6.45, 7) is 8.29. The molecular formula is C24H37IN6S. The Balaban J connectivity index is 0.00000289. The first-order chi connectivity index (χ1) is 15.3. The van der Waals surface area contributed by atoms with Crippen LogP contribution < -0.4 is 10.6 Å². The van der Waals surface area contributed by atoms with Gasteiger partial charge < -0.3 is 20.4 Å². The van der Waals surface area contributed by atoms with Crippen LogP contribution in [0.2, 0.25) is 0 Å². The molecule has 1 aromatic carbocycles. The predicted octanol–water partition coefficient (Wildman–Crippen LogP) is 3.93. The monoisotopic (exact) mass is 568 g/mol. The van der Waals surface area contributed by atoms with E-state index in [2.05, 4.69) is 55.0 Å². The molecule has 0 atom stereocenters. The molecule has 2 aromatic rings. The van der Waals surface area contributed by atoms with Crippen LogP contribution in [0.15, 0.2) is 46.9 Å². The number of piperidine rings is 1. The van der Waals surface area contributed by atoms with Crippen molar-refractivity contribution < 1.29 is 0 Å². The van der Waals surface area contributed by atoms with Crippen LogP contribution in [0.25, 0.3) is 0 Å². The standard InChI is InChI=1S/C24H36N6S.HI/c25-23(29-15-17-30(18-16-29)24-27-11-19-31-24)26-10-4-5-12-28-13-8-22(9-14-28)20-21-6-2-1-3-7-21;/h1-3,6-7,11,19,22H,4-5,8-10,12-18,20H2,(H2,25,26);1H. The van der Waals surface area contributed by atoms with Crippen LogP contribution in [0.4, 0.5) is 5.13 Å². The number of rotatable bonds is 8. The third-order valence-electron chi connectivity index (χ3n) is 6.52. The van der Waals surface area contributed by atoms with Gasteiger partial charge in [-0.05, 0) is 63.2 Å². The molecule has 2 N–H and O–H groups in total. The molecule has 176 valence electrons. The number of likely N-dealkylation sites (tertiary alicyclic amines) is 1. The van der Waals surface area contributed by atoms with E-state index >= 15 is 0 Å². The Hall–Kier alpha value is -1.39. The van der Waals surface area contributed by atoms with E-state index in [0.717, 1.165) is 50.2 Å². The Morgan fingerprint density at radius 3 is 2.47 bits per heavy atom. The molecule has 4 rings (SSSR count). The zero-order chi connectivity index (χ0) is 21.3. The Morgan fingerprint density at radius 1 is 1.03 bits per heavy atom. The normalized spacial score (nSPS) is 18.6. The van der Waals surface area contributed by atoms with Crippen LogP contribution in [-0.4, -0.2) is 73.1 Å². The molecule has 8 heteroatoms. The number of nitrogens with two attached hydrogens (primary N) is 1. The highest BCUT2D eigenvalue weighted by Gasteiger charge is 2.20. The summed E-state index contributed by atoms with van der Waals surface area (Å²) in [5, 5.41) is 3.14. The van der Waals surface area contributed by atoms with Gasteiger partial charge in [0, 0.05) is 44.3 Å². The minimum Gasteiger partial charge on any atom is -0.370 e. The molecule has 0 saturated carbocycles. The second-order valence-corrected chi connectivity index (χ2v) is 9.58. The number of piperazine rings is 1. The Labute approximate surface area is 213 Å². The Bertz CT molecular complexity index is 784. The molecule has 2 fully saturated rings. The van der Waals surface area contributed by atoms with E-state index in [1.165, 1.54) is 50.9 Å². The summed E-state index contributed by atoms with van der Waals surface area (Å²) in [5.74, 6) is 1.56. The molecule has 2 aliphatic heterocycles. The number of anilines is 1.